The quantitative estimate of drug-likeness (QED) is 0.670. The van der Waals surface area contributed by atoms with E-state index in [1.54, 1.807) is 0 Å². The molecule has 1 aliphatic rings. The Bertz CT molecular complexity index is 547. The molecule has 1 aromatic rings. The van der Waals surface area contributed by atoms with Crippen molar-refractivity contribution in [3.63, 3.8) is 0 Å². The van der Waals surface area contributed by atoms with Gasteiger partial charge in [-0.3, -0.25) is 0 Å². The van der Waals surface area contributed by atoms with E-state index in [2.05, 4.69) is 31.2 Å². The normalized spacial score (nSPS) is 19.4. The lowest BCUT2D eigenvalue weighted by molar-refractivity contribution is -0.0190. The summed E-state index contributed by atoms with van der Waals surface area (Å²) in [7, 11) is -4.01. The van der Waals surface area contributed by atoms with E-state index in [0.29, 0.717) is 17.5 Å². The minimum Gasteiger partial charge on any atom is -0.217 e. The van der Waals surface area contributed by atoms with Gasteiger partial charge >= 0.3 is 10.4 Å². The number of hydrogen-bond acceptors (Lipinski definition) is 8. The average Bonchev–Trinajstić information content (AvgIpc) is 2.24. The van der Waals surface area contributed by atoms with Crippen LogP contribution in [-0.4, -0.2) is 18.4 Å². The topological polar surface area (TPSA) is 81.6 Å². The molecule has 100 valence electrons. The Morgan fingerprint density at radius 1 is 1.33 bits per heavy atom. The molecule has 2 heterocycles. The molecule has 1 atom stereocenters. The van der Waals surface area contributed by atoms with Gasteiger partial charge in [0.05, 0.1) is 5.25 Å². The summed E-state index contributed by atoms with van der Waals surface area (Å²) in [4.78, 5) is 7.90. The number of anilines is 1. The highest BCUT2D eigenvalue weighted by Crippen LogP contribution is 2.37. The van der Waals surface area contributed by atoms with Crippen LogP contribution in [-0.2, 0) is 19.0 Å². The van der Waals surface area contributed by atoms with Crippen molar-refractivity contribution in [2.45, 2.75) is 18.6 Å². The minimum absolute atomic E-state index is 0.0754. The predicted molar refractivity (Wildman–Crippen MR) is 67.6 cm³/mol. The summed E-state index contributed by atoms with van der Waals surface area (Å²) in [5.74, 6) is 0.336. The molecule has 0 spiro atoms. The summed E-state index contributed by atoms with van der Waals surface area (Å²) in [5, 5.41) is 0.124. The first kappa shape index (κ1) is 14.1. The first-order chi connectivity index (χ1) is 8.34. The summed E-state index contributed by atoms with van der Waals surface area (Å²) >= 11 is 16.0. The number of rotatable bonds is 3. The molecule has 0 amide bonds. The maximum absolute atomic E-state index is 10.7. The Kier molecular flexibility index (Phi) is 3.90. The smallest absolute Gasteiger partial charge is 0.217 e. The van der Waals surface area contributed by atoms with Crippen LogP contribution in [0, 0.1) is 0 Å². The summed E-state index contributed by atoms with van der Waals surface area (Å²) in [6.45, 7) is 1.89. The van der Waals surface area contributed by atoms with E-state index >= 15 is 0 Å². The molecular weight excluding hydrogens is 325 g/mol. The van der Waals surface area contributed by atoms with Crippen molar-refractivity contribution in [3.05, 3.63) is 16.1 Å². The zero-order chi connectivity index (χ0) is 13.5. The van der Waals surface area contributed by atoms with Gasteiger partial charge in [-0.05, 0) is 6.42 Å². The molecule has 1 aliphatic heterocycles. The zero-order valence-electron chi connectivity index (χ0n) is 8.87. The van der Waals surface area contributed by atoms with Gasteiger partial charge in [0.1, 0.15) is 5.82 Å². The third-order valence-corrected chi connectivity index (χ3v) is 3.76. The van der Waals surface area contributed by atoms with Crippen LogP contribution in [0.2, 0.25) is 10.3 Å². The zero-order valence-corrected chi connectivity index (χ0v) is 12.1. The van der Waals surface area contributed by atoms with Crippen molar-refractivity contribution in [3.8, 4) is 0 Å². The molecule has 0 aromatic carbocycles. The largest absolute Gasteiger partial charge is 0.446 e. The Hall–Kier alpha value is -0.320. The van der Waals surface area contributed by atoms with E-state index in [0.717, 1.165) is 0 Å². The molecule has 7 nitrogen and oxygen atoms in total. The molecule has 0 bridgehead atoms. The van der Waals surface area contributed by atoms with Crippen molar-refractivity contribution in [1.82, 2.24) is 9.97 Å². The van der Waals surface area contributed by atoms with E-state index in [1.165, 1.54) is 0 Å². The number of halogens is 2. The fraction of sp³-hybridized carbons (Fsp3) is 0.429. The van der Waals surface area contributed by atoms with Crippen molar-refractivity contribution in [2.75, 3.05) is 5.23 Å². The fourth-order valence-corrected chi connectivity index (χ4v) is 2.29. The molecule has 0 saturated carbocycles. The van der Waals surface area contributed by atoms with Crippen LogP contribution in [0.25, 0.3) is 0 Å². The van der Waals surface area contributed by atoms with Crippen LogP contribution in [0.15, 0.2) is 0 Å². The second-order valence-corrected chi connectivity index (χ2v) is 5.70. The third kappa shape index (κ3) is 2.65. The molecule has 2 rings (SSSR count). The van der Waals surface area contributed by atoms with Gasteiger partial charge in [-0.1, -0.05) is 43.9 Å². The summed E-state index contributed by atoms with van der Waals surface area (Å²) in [6, 6.07) is 0. The van der Waals surface area contributed by atoms with Gasteiger partial charge in [0.2, 0.25) is 0 Å². The van der Waals surface area contributed by atoms with Gasteiger partial charge in [-0.2, -0.15) is 21.0 Å². The highest BCUT2D eigenvalue weighted by atomic mass is 35.5. The Labute approximate surface area is 119 Å². The van der Waals surface area contributed by atoms with E-state index in [-0.39, 0.29) is 21.2 Å². The van der Waals surface area contributed by atoms with E-state index in [1.807, 2.05) is 6.92 Å². The first-order valence-electron chi connectivity index (χ1n) is 4.69. The lowest BCUT2D eigenvalue weighted by Gasteiger charge is -2.28. The summed E-state index contributed by atoms with van der Waals surface area (Å²) in [5.41, 5.74) is -0.0754. The molecule has 0 aliphatic carbocycles. The highest BCUT2D eigenvalue weighted by Gasteiger charge is 2.39. The van der Waals surface area contributed by atoms with Gasteiger partial charge in [0.15, 0.2) is 16.0 Å². The summed E-state index contributed by atoms with van der Waals surface area (Å²) < 4.78 is 30.0. The molecular formula is C7H7Cl2N3O4S2. The van der Waals surface area contributed by atoms with Crippen LogP contribution in [0.4, 0.5) is 5.69 Å². The van der Waals surface area contributed by atoms with Gasteiger partial charge in [0.25, 0.3) is 0 Å². The second kappa shape index (κ2) is 4.99. The molecule has 1 fully saturated rings. The lowest BCUT2D eigenvalue weighted by Crippen LogP contribution is -2.42. The van der Waals surface area contributed by atoms with Crippen molar-refractivity contribution in [1.29, 1.82) is 0 Å². The molecule has 1 saturated heterocycles. The van der Waals surface area contributed by atoms with Gasteiger partial charge in [-0.25, -0.2) is 9.97 Å². The number of hydrogen-bond donors (Lipinski definition) is 1. The second-order valence-electron chi connectivity index (χ2n) is 3.25. The van der Waals surface area contributed by atoms with Crippen LogP contribution in [0.3, 0.4) is 0 Å². The number of aromatic nitrogens is 2. The standard InChI is InChI=1S/C7H7Cl2N3O4S2/c1-2-3(17)7-10-5(8)4(6(9)11-7)12-15-18(13,14)16-12/h3,17H,2H2,1H3. The highest BCUT2D eigenvalue weighted by molar-refractivity contribution is 7.82. The van der Waals surface area contributed by atoms with Crippen LogP contribution in [0.1, 0.15) is 24.4 Å². The average molecular weight is 332 g/mol. The Morgan fingerprint density at radius 2 is 1.83 bits per heavy atom. The van der Waals surface area contributed by atoms with Gasteiger partial charge in [0, 0.05) is 0 Å². The first-order valence-corrected chi connectivity index (χ1v) is 7.30. The molecule has 1 unspecified atom stereocenters. The molecule has 1 aromatic heterocycles. The predicted octanol–water partition coefficient (Wildman–Crippen LogP) is 2.09. The third-order valence-electron chi connectivity index (χ3n) is 2.00. The molecule has 11 heteroatoms. The monoisotopic (exact) mass is 331 g/mol. The van der Waals surface area contributed by atoms with Gasteiger partial charge in [-0.15, -0.1) is 0 Å². The minimum atomic E-state index is -4.01. The van der Waals surface area contributed by atoms with Crippen molar-refractivity contribution in [2.24, 2.45) is 0 Å². The number of thiol groups is 1. The SMILES string of the molecule is CCC(S)c1nc(Cl)c(N2OS(=O)(=O)O2)c(Cl)n1. The van der Waals surface area contributed by atoms with Crippen molar-refractivity contribution < 1.29 is 17.0 Å². The maximum Gasteiger partial charge on any atom is 0.446 e. The van der Waals surface area contributed by atoms with Crippen molar-refractivity contribution >= 4 is 51.9 Å². The van der Waals surface area contributed by atoms with Crippen LogP contribution >= 0.6 is 35.8 Å². The Balaban J connectivity index is 2.34. The lowest BCUT2D eigenvalue weighted by atomic mass is 10.3. The number of nitrogens with zero attached hydrogens (tertiary/aromatic N) is 3. The van der Waals surface area contributed by atoms with Crippen LogP contribution in [0.5, 0.6) is 0 Å². The maximum atomic E-state index is 10.7. The van der Waals surface area contributed by atoms with E-state index in [4.69, 9.17) is 23.2 Å². The molecule has 18 heavy (non-hydrogen) atoms. The summed E-state index contributed by atoms with van der Waals surface area (Å²) in [6.07, 6.45) is 0.681. The fourth-order valence-electron chi connectivity index (χ4n) is 1.15. The van der Waals surface area contributed by atoms with E-state index < -0.39 is 10.4 Å². The molecule has 0 radical (unpaired) electrons. The van der Waals surface area contributed by atoms with E-state index in [9.17, 15) is 8.42 Å². The Morgan fingerprint density at radius 3 is 2.22 bits per heavy atom. The molecule has 0 N–H and O–H groups in total. The van der Waals surface area contributed by atoms with Gasteiger partial charge < -0.3 is 0 Å². The van der Waals surface area contributed by atoms with Crippen LogP contribution < -0.4 is 5.23 Å².